The van der Waals surface area contributed by atoms with E-state index in [0.29, 0.717) is 0 Å². The van der Waals surface area contributed by atoms with E-state index in [0.717, 1.165) is 5.56 Å². The standard InChI is InChI=1S/C39H25N/c1-2-10-28-23-30(21-18-26(28)9-1)38-32-13-3-5-15-34(32)39(35-16-6-4-14-33(35)38)36-17-7-11-27-19-20-29(24-37(27)36)31-12-8-22-40-25-31/h1-25H. The molecule has 186 valence electrons. The van der Waals surface area contributed by atoms with Crippen molar-refractivity contribution in [2.45, 2.75) is 0 Å². The van der Waals surface area contributed by atoms with Crippen molar-refractivity contribution in [3.63, 3.8) is 0 Å². The van der Waals surface area contributed by atoms with Gasteiger partial charge < -0.3 is 0 Å². The third-order valence-electron chi connectivity index (χ3n) is 8.12. The lowest BCUT2D eigenvalue weighted by Gasteiger charge is -2.19. The van der Waals surface area contributed by atoms with E-state index in [1.54, 1.807) is 0 Å². The Morgan fingerprint density at radius 3 is 1.70 bits per heavy atom. The van der Waals surface area contributed by atoms with Crippen LogP contribution in [0.4, 0.5) is 0 Å². The molecule has 0 unspecified atom stereocenters. The third kappa shape index (κ3) is 3.60. The van der Waals surface area contributed by atoms with E-state index >= 15 is 0 Å². The lowest BCUT2D eigenvalue weighted by Crippen LogP contribution is -1.92. The zero-order chi connectivity index (χ0) is 26.5. The Hall–Kier alpha value is -5.27. The second-order valence-electron chi connectivity index (χ2n) is 10.4. The first-order valence-electron chi connectivity index (χ1n) is 13.7. The van der Waals surface area contributed by atoms with Gasteiger partial charge in [-0.05, 0) is 89.1 Å². The lowest BCUT2D eigenvalue weighted by molar-refractivity contribution is 1.33. The molecule has 0 N–H and O–H groups in total. The van der Waals surface area contributed by atoms with Gasteiger partial charge in [-0.15, -0.1) is 0 Å². The molecule has 8 rings (SSSR count). The number of hydrogen-bond acceptors (Lipinski definition) is 1. The summed E-state index contributed by atoms with van der Waals surface area (Å²) in [6, 6.07) is 50.8. The third-order valence-corrected chi connectivity index (χ3v) is 8.12. The van der Waals surface area contributed by atoms with Crippen molar-refractivity contribution in [1.29, 1.82) is 0 Å². The molecule has 1 aromatic heterocycles. The number of aromatic nitrogens is 1. The predicted octanol–water partition coefficient (Wildman–Crippen LogP) is 10.7. The van der Waals surface area contributed by atoms with Crippen molar-refractivity contribution in [2.24, 2.45) is 0 Å². The van der Waals surface area contributed by atoms with Gasteiger partial charge in [-0.1, -0.05) is 121 Å². The Morgan fingerprint density at radius 2 is 0.975 bits per heavy atom. The van der Waals surface area contributed by atoms with Crippen LogP contribution in [0, 0.1) is 0 Å². The Labute approximate surface area is 233 Å². The van der Waals surface area contributed by atoms with Crippen LogP contribution >= 0.6 is 0 Å². The zero-order valence-electron chi connectivity index (χ0n) is 21.9. The number of rotatable bonds is 3. The highest BCUT2D eigenvalue weighted by Crippen LogP contribution is 2.45. The maximum absolute atomic E-state index is 4.36. The summed E-state index contributed by atoms with van der Waals surface area (Å²) in [4.78, 5) is 4.36. The summed E-state index contributed by atoms with van der Waals surface area (Å²) in [6.07, 6.45) is 3.76. The van der Waals surface area contributed by atoms with Gasteiger partial charge in [0.05, 0.1) is 0 Å². The molecule has 1 heterocycles. The smallest absolute Gasteiger partial charge is 0.0346 e. The van der Waals surface area contributed by atoms with E-state index in [4.69, 9.17) is 0 Å². The zero-order valence-corrected chi connectivity index (χ0v) is 21.9. The molecular formula is C39H25N. The van der Waals surface area contributed by atoms with Crippen LogP contribution in [-0.2, 0) is 0 Å². The molecular weight excluding hydrogens is 482 g/mol. The maximum Gasteiger partial charge on any atom is 0.0346 e. The predicted molar refractivity (Wildman–Crippen MR) is 171 cm³/mol. The van der Waals surface area contributed by atoms with Crippen LogP contribution in [0.1, 0.15) is 0 Å². The van der Waals surface area contributed by atoms with Gasteiger partial charge in [-0.2, -0.15) is 0 Å². The minimum atomic E-state index is 1.13. The SMILES string of the molecule is c1cncc(-c2ccc3cccc(-c4c5ccccc5c(-c5ccc6ccccc6c5)c5ccccc45)c3c2)c1. The molecule has 0 aliphatic rings. The Morgan fingerprint density at radius 1 is 0.350 bits per heavy atom. The fourth-order valence-electron chi connectivity index (χ4n) is 6.28. The summed E-state index contributed by atoms with van der Waals surface area (Å²) in [5.74, 6) is 0. The molecule has 0 aliphatic carbocycles. The number of benzene rings is 7. The van der Waals surface area contributed by atoms with Crippen molar-refractivity contribution >= 4 is 43.1 Å². The summed E-state index contributed by atoms with van der Waals surface area (Å²) >= 11 is 0. The summed E-state index contributed by atoms with van der Waals surface area (Å²) in [5.41, 5.74) is 7.37. The number of nitrogens with zero attached hydrogens (tertiary/aromatic N) is 1. The largest absolute Gasteiger partial charge is 0.264 e. The van der Waals surface area contributed by atoms with E-state index in [1.165, 1.54) is 70.9 Å². The molecule has 0 spiro atoms. The van der Waals surface area contributed by atoms with Gasteiger partial charge in [0.2, 0.25) is 0 Å². The average molecular weight is 508 g/mol. The van der Waals surface area contributed by atoms with Gasteiger partial charge in [-0.3, -0.25) is 4.98 Å². The molecule has 0 aliphatic heterocycles. The molecule has 1 heteroatoms. The second-order valence-corrected chi connectivity index (χ2v) is 10.4. The molecule has 0 atom stereocenters. The number of fused-ring (bicyclic) bond motifs is 4. The van der Waals surface area contributed by atoms with Gasteiger partial charge >= 0.3 is 0 Å². The molecule has 40 heavy (non-hydrogen) atoms. The van der Waals surface area contributed by atoms with Crippen LogP contribution in [0.5, 0.6) is 0 Å². The van der Waals surface area contributed by atoms with Crippen molar-refractivity contribution in [3.8, 4) is 33.4 Å². The molecule has 0 radical (unpaired) electrons. The van der Waals surface area contributed by atoms with Crippen LogP contribution in [0.25, 0.3) is 76.5 Å². The number of hydrogen-bond donors (Lipinski definition) is 0. The molecule has 0 bridgehead atoms. The van der Waals surface area contributed by atoms with Crippen LogP contribution in [0.3, 0.4) is 0 Å². The van der Waals surface area contributed by atoms with Gasteiger partial charge in [0.15, 0.2) is 0 Å². The Balaban J connectivity index is 1.47. The van der Waals surface area contributed by atoms with Crippen LogP contribution < -0.4 is 0 Å². The molecule has 0 fully saturated rings. The Bertz CT molecular complexity index is 2150. The number of pyridine rings is 1. The van der Waals surface area contributed by atoms with Crippen molar-refractivity contribution in [3.05, 3.63) is 152 Å². The van der Waals surface area contributed by atoms with E-state index in [2.05, 4.69) is 138 Å². The molecule has 7 aromatic carbocycles. The lowest BCUT2D eigenvalue weighted by atomic mass is 9.84. The molecule has 0 amide bonds. The van der Waals surface area contributed by atoms with Crippen molar-refractivity contribution in [2.75, 3.05) is 0 Å². The molecule has 8 aromatic rings. The molecule has 0 saturated carbocycles. The van der Waals surface area contributed by atoms with Crippen LogP contribution in [0.2, 0.25) is 0 Å². The van der Waals surface area contributed by atoms with Crippen molar-refractivity contribution < 1.29 is 0 Å². The molecule has 0 saturated heterocycles. The first-order chi connectivity index (χ1) is 19.8. The first-order valence-corrected chi connectivity index (χ1v) is 13.7. The summed E-state index contributed by atoms with van der Waals surface area (Å²) in [6.45, 7) is 0. The van der Waals surface area contributed by atoms with Crippen LogP contribution in [-0.4, -0.2) is 4.98 Å². The summed E-state index contributed by atoms with van der Waals surface area (Å²) in [7, 11) is 0. The highest BCUT2D eigenvalue weighted by molar-refractivity contribution is 6.23. The average Bonchev–Trinajstić information content (AvgIpc) is 3.03. The van der Waals surface area contributed by atoms with E-state index in [9.17, 15) is 0 Å². The quantitative estimate of drug-likeness (QED) is 0.217. The van der Waals surface area contributed by atoms with Gasteiger partial charge in [0, 0.05) is 18.0 Å². The highest BCUT2D eigenvalue weighted by Gasteiger charge is 2.18. The fourth-order valence-corrected chi connectivity index (χ4v) is 6.28. The minimum Gasteiger partial charge on any atom is -0.264 e. The second kappa shape index (κ2) is 9.18. The minimum absolute atomic E-state index is 1.13. The fraction of sp³-hybridized carbons (Fsp3) is 0. The Kier molecular flexibility index (Phi) is 5.21. The van der Waals surface area contributed by atoms with E-state index < -0.39 is 0 Å². The van der Waals surface area contributed by atoms with Crippen molar-refractivity contribution in [1.82, 2.24) is 4.98 Å². The van der Waals surface area contributed by atoms with E-state index in [-0.39, 0.29) is 0 Å². The topological polar surface area (TPSA) is 12.9 Å². The summed E-state index contributed by atoms with van der Waals surface area (Å²) in [5, 5.41) is 10.1. The molecule has 1 nitrogen and oxygen atoms in total. The van der Waals surface area contributed by atoms with Gasteiger partial charge in [-0.25, -0.2) is 0 Å². The highest BCUT2D eigenvalue weighted by atomic mass is 14.6. The normalized spacial score (nSPS) is 11.5. The maximum atomic E-state index is 4.36. The van der Waals surface area contributed by atoms with Crippen LogP contribution in [0.15, 0.2) is 152 Å². The summed E-state index contributed by atoms with van der Waals surface area (Å²) < 4.78 is 0. The monoisotopic (exact) mass is 507 g/mol. The first kappa shape index (κ1) is 22.7. The van der Waals surface area contributed by atoms with Gasteiger partial charge in [0.25, 0.3) is 0 Å². The van der Waals surface area contributed by atoms with E-state index in [1.807, 2.05) is 18.5 Å². The van der Waals surface area contributed by atoms with Gasteiger partial charge in [0.1, 0.15) is 0 Å².